The van der Waals surface area contributed by atoms with Gasteiger partial charge in [-0.15, -0.1) is 5.10 Å². The second-order valence-electron chi connectivity index (χ2n) is 4.20. The summed E-state index contributed by atoms with van der Waals surface area (Å²) in [5.74, 6) is 0. The average Bonchev–Trinajstić information content (AvgIpc) is 2.78. The Hall–Kier alpha value is -2.08. The lowest BCUT2D eigenvalue weighted by atomic mass is 10.1. The SMILES string of the molecule is Cc1cc(Cl)ccc1Cn1cc(CNC(N)=O)nn1. The van der Waals surface area contributed by atoms with Crippen molar-refractivity contribution in [3.63, 3.8) is 0 Å². The lowest BCUT2D eigenvalue weighted by Crippen LogP contribution is -2.28. The summed E-state index contributed by atoms with van der Waals surface area (Å²) in [7, 11) is 0. The highest BCUT2D eigenvalue weighted by molar-refractivity contribution is 6.30. The van der Waals surface area contributed by atoms with Crippen LogP contribution >= 0.6 is 11.6 Å². The second-order valence-corrected chi connectivity index (χ2v) is 4.63. The summed E-state index contributed by atoms with van der Waals surface area (Å²) < 4.78 is 1.70. The lowest BCUT2D eigenvalue weighted by Gasteiger charge is -2.05. The first-order chi connectivity index (χ1) is 9.04. The van der Waals surface area contributed by atoms with E-state index in [1.54, 1.807) is 10.9 Å². The molecule has 0 saturated heterocycles. The highest BCUT2D eigenvalue weighted by Crippen LogP contribution is 2.15. The zero-order chi connectivity index (χ0) is 13.8. The Balaban J connectivity index is 2.05. The van der Waals surface area contributed by atoms with E-state index >= 15 is 0 Å². The number of primary amides is 1. The van der Waals surface area contributed by atoms with Crippen molar-refractivity contribution in [3.8, 4) is 0 Å². The Kier molecular flexibility index (Phi) is 4.01. The van der Waals surface area contributed by atoms with Gasteiger partial charge in [0.25, 0.3) is 0 Å². The van der Waals surface area contributed by atoms with Gasteiger partial charge < -0.3 is 11.1 Å². The number of carbonyl (C=O) groups is 1. The molecule has 0 fully saturated rings. The number of nitrogens with zero attached hydrogens (tertiary/aromatic N) is 3. The molecule has 19 heavy (non-hydrogen) atoms. The maximum atomic E-state index is 10.6. The molecule has 100 valence electrons. The van der Waals surface area contributed by atoms with Crippen LogP contribution < -0.4 is 11.1 Å². The number of urea groups is 1. The number of carbonyl (C=O) groups excluding carboxylic acids is 1. The van der Waals surface area contributed by atoms with Crippen LogP contribution in [0.4, 0.5) is 4.79 Å². The Morgan fingerprint density at radius 2 is 2.32 bits per heavy atom. The van der Waals surface area contributed by atoms with Gasteiger partial charge in [-0.1, -0.05) is 22.9 Å². The topological polar surface area (TPSA) is 85.8 Å². The summed E-state index contributed by atoms with van der Waals surface area (Å²) in [6, 6.07) is 5.13. The van der Waals surface area contributed by atoms with Crippen molar-refractivity contribution in [2.24, 2.45) is 5.73 Å². The normalized spacial score (nSPS) is 10.4. The van der Waals surface area contributed by atoms with Crippen molar-refractivity contribution in [3.05, 3.63) is 46.2 Å². The number of aromatic nitrogens is 3. The van der Waals surface area contributed by atoms with Crippen molar-refractivity contribution >= 4 is 17.6 Å². The third-order valence-electron chi connectivity index (χ3n) is 2.67. The molecule has 0 aliphatic rings. The van der Waals surface area contributed by atoms with Gasteiger partial charge in [0.1, 0.15) is 5.69 Å². The van der Waals surface area contributed by atoms with E-state index in [1.165, 1.54) is 0 Å². The third kappa shape index (κ3) is 3.69. The molecule has 2 aromatic rings. The zero-order valence-electron chi connectivity index (χ0n) is 10.4. The minimum atomic E-state index is -0.580. The predicted octanol–water partition coefficient (Wildman–Crippen LogP) is 1.46. The maximum Gasteiger partial charge on any atom is 0.312 e. The number of nitrogens with two attached hydrogens (primary N) is 1. The van der Waals surface area contributed by atoms with Crippen molar-refractivity contribution in [1.82, 2.24) is 20.3 Å². The van der Waals surface area contributed by atoms with Crippen molar-refractivity contribution in [2.45, 2.75) is 20.0 Å². The van der Waals surface area contributed by atoms with Gasteiger partial charge in [-0.05, 0) is 30.2 Å². The number of nitrogens with one attached hydrogen (secondary N) is 1. The Morgan fingerprint density at radius 1 is 1.53 bits per heavy atom. The Labute approximate surface area is 115 Å². The number of hydrogen-bond acceptors (Lipinski definition) is 3. The first kappa shape index (κ1) is 13.4. The molecule has 0 aliphatic heterocycles. The molecule has 6 nitrogen and oxygen atoms in total. The number of halogens is 1. The quantitative estimate of drug-likeness (QED) is 0.888. The molecule has 7 heteroatoms. The highest BCUT2D eigenvalue weighted by Gasteiger charge is 2.04. The molecule has 0 aliphatic carbocycles. The molecule has 1 heterocycles. The van der Waals surface area contributed by atoms with Crippen LogP contribution in [0.2, 0.25) is 5.02 Å². The van der Waals surface area contributed by atoms with Crippen LogP contribution in [0.1, 0.15) is 16.8 Å². The highest BCUT2D eigenvalue weighted by atomic mass is 35.5. The summed E-state index contributed by atoms with van der Waals surface area (Å²) in [5, 5.41) is 11.1. The zero-order valence-corrected chi connectivity index (χ0v) is 11.2. The molecule has 0 radical (unpaired) electrons. The van der Waals surface area contributed by atoms with E-state index in [2.05, 4.69) is 15.6 Å². The maximum absolute atomic E-state index is 10.6. The van der Waals surface area contributed by atoms with E-state index in [0.29, 0.717) is 17.3 Å². The van der Waals surface area contributed by atoms with Gasteiger partial charge in [0, 0.05) is 5.02 Å². The van der Waals surface area contributed by atoms with E-state index in [9.17, 15) is 4.79 Å². The Morgan fingerprint density at radius 3 is 3.00 bits per heavy atom. The molecule has 3 N–H and O–H groups in total. The lowest BCUT2D eigenvalue weighted by molar-refractivity contribution is 0.248. The van der Waals surface area contributed by atoms with E-state index in [4.69, 9.17) is 17.3 Å². The third-order valence-corrected chi connectivity index (χ3v) is 2.90. The van der Waals surface area contributed by atoms with Crippen LogP contribution in [0.25, 0.3) is 0 Å². The minimum Gasteiger partial charge on any atom is -0.352 e. The fourth-order valence-electron chi connectivity index (χ4n) is 1.69. The molecule has 1 aromatic carbocycles. The Bertz CT molecular complexity index is 596. The van der Waals surface area contributed by atoms with Crippen molar-refractivity contribution in [1.29, 1.82) is 0 Å². The van der Waals surface area contributed by atoms with Crippen LogP contribution in [0.15, 0.2) is 24.4 Å². The van der Waals surface area contributed by atoms with Crippen LogP contribution in [0.3, 0.4) is 0 Å². The van der Waals surface area contributed by atoms with E-state index in [0.717, 1.165) is 11.1 Å². The molecule has 0 atom stereocenters. The largest absolute Gasteiger partial charge is 0.352 e. The van der Waals surface area contributed by atoms with Crippen LogP contribution in [-0.2, 0) is 13.1 Å². The smallest absolute Gasteiger partial charge is 0.312 e. The fourth-order valence-corrected chi connectivity index (χ4v) is 1.91. The van der Waals surface area contributed by atoms with Gasteiger partial charge in [0.2, 0.25) is 0 Å². The molecule has 0 saturated carbocycles. The van der Waals surface area contributed by atoms with E-state index in [-0.39, 0.29) is 6.54 Å². The molecule has 0 spiro atoms. The molecule has 0 unspecified atom stereocenters. The number of aryl methyl sites for hydroxylation is 1. The first-order valence-electron chi connectivity index (χ1n) is 5.72. The van der Waals surface area contributed by atoms with Crippen LogP contribution in [0.5, 0.6) is 0 Å². The van der Waals surface area contributed by atoms with Gasteiger partial charge in [-0.25, -0.2) is 9.48 Å². The van der Waals surface area contributed by atoms with Gasteiger partial charge in [-0.2, -0.15) is 0 Å². The van der Waals surface area contributed by atoms with Gasteiger partial charge >= 0.3 is 6.03 Å². The van der Waals surface area contributed by atoms with Gasteiger partial charge in [-0.3, -0.25) is 0 Å². The molecular formula is C12H14ClN5O. The monoisotopic (exact) mass is 279 g/mol. The predicted molar refractivity (Wildman–Crippen MR) is 71.7 cm³/mol. The summed E-state index contributed by atoms with van der Waals surface area (Å²) in [6.07, 6.45) is 1.77. The van der Waals surface area contributed by atoms with Crippen LogP contribution in [-0.4, -0.2) is 21.0 Å². The summed E-state index contributed by atoms with van der Waals surface area (Å²) in [5.41, 5.74) is 7.86. The molecular weight excluding hydrogens is 266 g/mol. The van der Waals surface area contributed by atoms with E-state index in [1.807, 2.05) is 25.1 Å². The summed E-state index contributed by atoms with van der Waals surface area (Å²) >= 11 is 5.91. The molecule has 0 bridgehead atoms. The van der Waals surface area contributed by atoms with Crippen molar-refractivity contribution in [2.75, 3.05) is 0 Å². The summed E-state index contributed by atoms with van der Waals surface area (Å²) in [4.78, 5) is 10.6. The molecule has 1 aromatic heterocycles. The van der Waals surface area contributed by atoms with Gasteiger partial charge in [0.15, 0.2) is 0 Å². The number of hydrogen-bond donors (Lipinski definition) is 2. The van der Waals surface area contributed by atoms with Crippen LogP contribution in [0, 0.1) is 6.92 Å². The fraction of sp³-hybridized carbons (Fsp3) is 0.250. The molecule has 2 rings (SSSR count). The summed E-state index contributed by atoms with van der Waals surface area (Å²) in [6.45, 7) is 2.87. The second kappa shape index (κ2) is 5.71. The van der Waals surface area contributed by atoms with Gasteiger partial charge in [0.05, 0.1) is 19.3 Å². The molecule has 2 amide bonds. The minimum absolute atomic E-state index is 0.273. The number of amides is 2. The average molecular weight is 280 g/mol. The van der Waals surface area contributed by atoms with E-state index < -0.39 is 6.03 Å². The number of benzene rings is 1. The number of rotatable bonds is 4. The standard InChI is InChI=1S/C12H14ClN5O/c1-8-4-10(13)3-2-9(8)6-18-7-11(16-17-18)5-15-12(14)19/h2-4,7H,5-6H2,1H3,(H3,14,15,19). The first-order valence-corrected chi connectivity index (χ1v) is 6.10. The van der Waals surface area contributed by atoms with Crippen molar-refractivity contribution < 1.29 is 4.79 Å².